The van der Waals surface area contributed by atoms with Gasteiger partial charge in [0, 0.05) is 5.69 Å². The molecule has 122 valence electrons. The predicted molar refractivity (Wildman–Crippen MR) is 81.9 cm³/mol. The van der Waals surface area contributed by atoms with Gasteiger partial charge in [0.15, 0.2) is 0 Å². The monoisotopic (exact) mass is 325 g/mol. The molecule has 1 aliphatic heterocycles. The van der Waals surface area contributed by atoms with E-state index >= 15 is 0 Å². The van der Waals surface area contributed by atoms with Crippen LogP contribution in [0.3, 0.4) is 0 Å². The molecule has 0 atom stereocenters. The van der Waals surface area contributed by atoms with Crippen LogP contribution in [0.5, 0.6) is 0 Å². The summed E-state index contributed by atoms with van der Waals surface area (Å²) in [4.78, 5) is 45.9. The van der Waals surface area contributed by atoms with Crippen molar-refractivity contribution in [3.05, 3.63) is 53.1 Å². The number of aromatic nitrogens is 2. The molecule has 7 heteroatoms. The number of imide groups is 1. The zero-order chi connectivity index (χ0) is 16.7. The van der Waals surface area contributed by atoms with Crippen LogP contribution in [0.1, 0.15) is 44.9 Å². The average molecular weight is 325 g/mol. The maximum Gasteiger partial charge on any atom is 0.352 e. The van der Waals surface area contributed by atoms with Gasteiger partial charge < -0.3 is 9.40 Å². The maximum absolute atomic E-state index is 12.2. The van der Waals surface area contributed by atoms with Crippen molar-refractivity contribution >= 4 is 17.8 Å². The minimum Gasteiger partial charge on any atom is -0.328 e. The number of amides is 2. The third-order valence-electron chi connectivity index (χ3n) is 4.36. The van der Waals surface area contributed by atoms with Gasteiger partial charge >= 0.3 is 5.97 Å². The largest absolute Gasteiger partial charge is 0.352 e. The molecular formula is C17H15N3O4. The van der Waals surface area contributed by atoms with Crippen LogP contribution in [-0.2, 0) is 29.0 Å². The molecule has 2 aromatic rings. The van der Waals surface area contributed by atoms with Crippen LogP contribution in [0, 0.1) is 0 Å². The molecule has 4 rings (SSSR count). The van der Waals surface area contributed by atoms with Crippen LogP contribution in [0.4, 0.5) is 0 Å². The van der Waals surface area contributed by atoms with E-state index in [-0.39, 0.29) is 17.7 Å². The summed E-state index contributed by atoms with van der Waals surface area (Å²) in [7, 11) is 0. The first-order chi connectivity index (χ1) is 11.6. The Kier molecular flexibility index (Phi) is 3.41. The number of carbonyl (C=O) groups excluding carboxylic acids is 3. The second kappa shape index (κ2) is 5.59. The molecule has 0 spiro atoms. The summed E-state index contributed by atoms with van der Waals surface area (Å²) in [6, 6.07) is 6.39. The van der Waals surface area contributed by atoms with E-state index < -0.39 is 17.8 Å². The molecule has 24 heavy (non-hydrogen) atoms. The molecule has 0 saturated carbocycles. The van der Waals surface area contributed by atoms with Gasteiger partial charge in [0.1, 0.15) is 6.54 Å². The number of aryl methyl sites for hydroxylation is 1. The number of imidazole rings is 1. The molecule has 2 aliphatic rings. The number of fused-ring (bicyclic) bond motifs is 2. The second-order valence-electron chi connectivity index (χ2n) is 5.89. The number of nitrogens with zero attached hydrogens (tertiary/aromatic N) is 3. The third kappa shape index (κ3) is 2.29. The average Bonchev–Trinajstić information content (AvgIpc) is 3.11. The lowest BCUT2D eigenvalue weighted by atomic mass is 10.0. The fourth-order valence-corrected chi connectivity index (χ4v) is 3.19. The van der Waals surface area contributed by atoms with Gasteiger partial charge in [0.25, 0.3) is 11.8 Å². The van der Waals surface area contributed by atoms with Gasteiger partial charge in [-0.2, -0.15) is 0 Å². The van der Waals surface area contributed by atoms with Crippen molar-refractivity contribution in [2.45, 2.75) is 32.2 Å². The Labute approximate surface area is 137 Å². The molecule has 0 bridgehead atoms. The van der Waals surface area contributed by atoms with Crippen molar-refractivity contribution < 1.29 is 19.2 Å². The van der Waals surface area contributed by atoms with E-state index in [4.69, 9.17) is 4.84 Å². The van der Waals surface area contributed by atoms with Crippen LogP contribution >= 0.6 is 0 Å². The summed E-state index contributed by atoms with van der Waals surface area (Å²) in [5.74, 6) is -1.90. The molecule has 1 aromatic heterocycles. The first kappa shape index (κ1) is 14.6. The summed E-state index contributed by atoms with van der Waals surface area (Å²) in [5.41, 5.74) is 2.53. The van der Waals surface area contributed by atoms with Gasteiger partial charge in [-0.15, -0.1) is 0 Å². The Balaban J connectivity index is 1.49. The van der Waals surface area contributed by atoms with Gasteiger partial charge in [-0.3, -0.25) is 9.59 Å². The first-order valence-corrected chi connectivity index (χ1v) is 7.86. The Hall–Kier alpha value is -2.96. The molecule has 0 radical (unpaired) electrons. The Bertz CT molecular complexity index is 820. The van der Waals surface area contributed by atoms with Crippen molar-refractivity contribution in [2.75, 3.05) is 0 Å². The standard InChI is InChI=1S/C17H15N3O4/c21-15(9-19-10-18-13-7-3-4-8-14(13)19)24-20-16(22)11-5-1-2-6-12(11)17(20)23/h1-2,5-6,10H,3-4,7-9H2. The predicted octanol–water partition coefficient (Wildman–Crippen LogP) is 1.52. The quantitative estimate of drug-likeness (QED) is 0.799. The zero-order valence-electron chi connectivity index (χ0n) is 12.9. The number of carbonyl (C=O) groups is 3. The van der Waals surface area contributed by atoms with Crippen molar-refractivity contribution in [2.24, 2.45) is 0 Å². The highest BCUT2D eigenvalue weighted by Crippen LogP contribution is 2.23. The zero-order valence-corrected chi connectivity index (χ0v) is 12.9. The topological polar surface area (TPSA) is 81.5 Å². The Morgan fingerprint density at radius 1 is 1.08 bits per heavy atom. The summed E-state index contributed by atoms with van der Waals surface area (Å²) >= 11 is 0. The lowest BCUT2D eigenvalue weighted by molar-refractivity contribution is -0.169. The Morgan fingerprint density at radius 2 is 1.75 bits per heavy atom. The molecule has 0 saturated heterocycles. The summed E-state index contributed by atoms with van der Waals surface area (Å²) < 4.78 is 1.73. The number of benzene rings is 1. The lowest BCUT2D eigenvalue weighted by Gasteiger charge is -2.15. The minimum absolute atomic E-state index is 0.0737. The fourth-order valence-electron chi connectivity index (χ4n) is 3.19. The van der Waals surface area contributed by atoms with E-state index in [0.29, 0.717) is 5.06 Å². The molecular weight excluding hydrogens is 310 g/mol. The smallest absolute Gasteiger partial charge is 0.328 e. The minimum atomic E-state index is -0.671. The first-order valence-electron chi connectivity index (χ1n) is 7.86. The highest BCUT2D eigenvalue weighted by molar-refractivity contribution is 6.20. The van der Waals surface area contributed by atoms with Crippen LogP contribution in [0.2, 0.25) is 0 Å². The second-order valence-corrected chi connectivity index (χ2v) is 5.89. The highest BCUT2D eigenvalue weighted by Gasteiger charge is 2.38. The van der Waals surface area contributed by atoms with Gasteiger partial charge in [-0.1, -0.05) is 17.2 Å². The number of hydroxylamine groups is 2. The highest BCUT2D eigenvalue weighted by atomic mass is 16.7. The van der Waals surface area contributed by atoms with E-state index in [2.05, 4.69) is 4.98 Å². The molecule has 0 fully saturated rings. The number of hydrogen-bond acceptors (Lipinski definition) is 5. The number of rotatable bonds is 3. The van der Waals surface area contributed by atoms with Crippen LogP contribution in [0.25, 0.3) is 0 Å². The van der Waals surface area contributed by atoms with Crippen molar-refractivity contribution in [1.82, 2.24) is 14.6 Å². The molecule has 7 nitrogen and oxygen atoms in total. The van der Waals surface area contributed by atoms with Gasteiger partial charge in [0.2, 0.25) is 0 Å². The third-order valence-corrected chi connectivity index (χ3v) is 4.36. The Morgan fingerprint density at radius 3 is 2.46 bits per heavy atom. The molecule has 0 N–H and O–H groups in total. The van der Waals surface area contributed by atoms with E-state index in [0.717, 1.165) is 37.1 Å². The summed E-state index contributed by atoms with van der Waals surface area (Å²) in [6.07, 6.45) is 5.56. The van der Waals surface area contributed by atoms with Crippen LogP contribution in [-0.4, -0.2) is 32.4 Å². The normalized spacial score (nSPS) is 16.1. The molecule has 2 heterocycles. The van der Waals surface area contributed by atoms with Crippen molar-refractivity contribution in [3.63, 3.8) is 0 Å². The van der Waals surface area contributed by atoms with Gasteiger partial charge in [0.05, 0.1) is 23.1 Å². The van der Waals surface area contributed by atoms with Crippen LogP contribution in [0.15, 0.2) is 30.6 Å². The van der Waals surface area contributed by atoms with E-state index in [1.165, 1.54) is 12.1 Å². The molecule has 1 aliphatic carbocycles. The van der Waals surface area contributed by atoms with Crippen LogP contribution < -0.4 is 0 Å². The van der Waals surface area contributed by atoms with Crippen molar-refractivity contribution in [3.8, 4) is 0 Å². The van der Waals surface area contributed by atoms with E-state index in [9.17, 15) is 14.4 Å². The van der Waals surface area contributed by atoms with E-state index in [1.54, 1.807) is 23.0 Å². The molecule has 2 amide bonds. The molecule has 1 aromatic carbocycles. The van der Waals surface area contributed by atoms with Gasteiger partial charge in [-0.25, -0.2) is 9.78 Å². The maximum atomic E-state index is 12.2. The van der Waals surface area contributed by atoms with Crippen molar-refractivity contribution in [1.29, 1.82) is 0 Å². The van der Waals surface area contributed by atoms with Gasteiger partial charge in [-0.05, 0) is 37.8 Å². The molecule has 0 unspecified atom stereocenters. The SMILES string of the molecule is O=C(Cn1cnc2c1CCCC2)ON1C(=O)c2ccccc2C1=O. The fraction of sp³-hybridized carbons (Fsp3) is 0.294. The lowest BCUT2D eigenvalue weighted by Crippen LogP contribution is -2.34. The summed E-state index contributed by atoms with van der Waals surface area (Å²) in [6.45, 7) is -0.0737. The summed E-state index contributed by atoms with van der Waals surface area (Å²) in [5, 5.41) is 0.538. The van der Waals surface area contributed by atoms with E-state index in [1.807, 2.05) is 0 Å². The number of hydrogen-bond donors (Lipinski definition) is 0.